The van der Waals surface area contributed by atoms with Crippen molar-refractivity contribution >= 4 is 33.9 Å². The predicted octanol–water partition coefficient (Wildman–Crippen LogP) is 6.24. The number of ether oxygens (including phenoxy) is 2. The summed E-state index contributed by atoms with van der Waals surface area (Å²) >= 11 is 0. The summed E-state index contributed by atoms with van der Waals surface area (Å²) in [6.45, 7) is 8.45. The van der Waals surface area contributed by atoms with Crippen molar-refractivity contribution in [3.05, 3.63) is 48.0 Å². The summed E-state index contributed by atoms with van der Waals surface area (Å²) in [6, 6.07) is 12.0. The molecule has 42 heavy (non-hydrogen) atoms. The molecule has 1 fully saturated rings. The molecular weight excluding hydrogens is 551 g/mol. The Kier molecular flexibility index (Phi) is 7.59. The molecule has 1 saturated heterocycles. The number of halogens is 3. The number of likely N-dealkylation sites (tertiary alicyclic amines) is 1. The second kappa shape index (κ2) is 10.9. The monoisotopic (exact) mass is 585 g/mol. The number of imidazole rings is 1. The van der Waals surface area contributed by atoms with Gasteiger partial charge in [-0.05, 0) is 64.8 Å². The van der Waals surface area contributed by atoms with Crippen LogP contribution in [-0.4, -0.2) is 62.1 Å². The number of alkyl carbamates (subject to hydrolysis) is 1. The molecule has 0 bridgehead atoms. The Bertz CT molecular complexity index is 1650. The average Bonchev–Trinajstić information content (AvgIpc) is 3.43. The summed E-state index contributed by atoms with van der Waals surface area (Å²) in [4.78, 5) is 32.1. The highest BCUT2D eigenvalue weighted by molar-refractivity contribution is 6.00. The number of nitrogens with zero attached hydrogens (tertiary/aromatic N) is 4. The van der Waals surface area contributed by atoms with Crippen molar-refractivity contribution in [2.45, 2.75) is 65.1 Å². The number of rotatable bonds is 5. The van der Waals surface area contributed by atoms with E-state index in [0.717, 1.165) is 22.7 Å². The first-order chi connectivity index (χ1) is 19.7. The molecule has 2 aromatic carbocycles. The largest absolute Gasteiger partial charge is 0.573 e. The third-order valence-corrected chi connectivity index (χ3v) is 7.19. The normalized spacial score (nSPS) is 16.2. The summed E-state index contributed by atoms with van der Waals surface area (Å²) in [5.41, 5.74) is 1.37. The van der Waals surface area contributed by atoms with Crippen LogP contribution in [0.2, 0.25) is 0 Å². The molecule has 1 N–H and O–H groups in total. The van der Waals surface area contributed by atoms with E-state index in [4.69, 9.17) is 9.72 Å². The van der Waals surface area contributed by atoms with E-state index < -0.39 is 29.7 Å². The Morgan fingerprint density at radius 3 is 2.55 bits per heavy atom. The molecule has 224 valence electrons. The number of aromatic nitrogens is 3. The first-order valence-corrected chi connectivity index (χ1v) is 13.9. The molecule has 9 nitrogen and oxygen atoms in total. The third-order valence-electron chi connectivity index (χ3n) is 7.19. The zero-order valence-corrected chi connectivity index (χ0v) is 24.2. The summed E-state index contributed by atoms with van der Waals surface area (Å²) in [6.07, 6.45) is -4.32. The lowest BCUT2D eigenvalue weighted by Crippen LogP contribution is -2.50. The molecule has 5 rings (SSSR count). The number of piperidine rings is 1. The molecule has 4 aromatic rings. The van der Waals surface area contributed by atoms with Crippen LogP contribution in [0.4, 0.5) is 18.0 Å². The maximum Gasteiger partial charge on any atom is 0.573 e. The zero-order valence-electron chi connectivity index (χ0n) is 24.2. The van der Waals surface area contributed by atoms with Gasteiger partial charge in [-0.2, -0.15) is 0 Å². The van der Waals surface area contributed by atoms with E-state index in [1.54, 1.807) is 32.4 Å². The van der Waals surface area contributed by atoms with Gasteiger partial charge in [0.05, 0.1) is 11.2 Å². The van der Waals surface area contributed by atoms with Gasteiger partial charge >= 0.3 is 12.5 Å². The Labute approximate surface area is 241 Å². The topological polar surface area (TPSA) is 90.6 Å². The van der Waals surface area contributed by atoms with Gasteiger partial charge < -0.3 is 28.8 Å². The van der Waals surface area contributed by atoms with Crippen molar-refractivity contribution in [3.63, 3.8) is 0 Å². The summed E-state index contributed by atoms with van der Waals surface area (Å²) in [5, 5.41) is 3.76. The fraction of sp³-hybridized carbons (Fsp3) is 0.433. The van der Waals surface area contributed by atoms with E-state index in [0.29, 0.717) is 31.8 Å². The number of aryl methyl sites for hydroxylation is 2. The smallest absolute Gasteiger partial charge is 0.444 e. The van der Waals surface area contributed by atoms with E-state index in [1.807, 2.05) is 41.8 Å². The minimum atomic E-state index is -4.98. The van der Waals surface area contributed by atoms with Gasteiger partial charge in [0.1, 0.15) is 11.1 Å². The molecule has 2 amide bonds. The van der Waals surface area contributed by atoms with E-state index in [9.17, 15) is 22.8 Å². The van der Waals surface area contributed by atoms with Crippen LogP contribution in [0.25, 0.3) is 33.5 Å². The Hall–Kier alpha value is -4.22. The average molecular weight is 586 g/mol. The van der Waals surface area contributed by atoms with Crippen molar-refractivity contribution in [1.29, 1.82) is 0 Å². The fourth-order valence-electron chi connectivity index (χ4n) is 5.54. The number of carbonyl (C=O) groups is 2. The second-order valence-corrected chi connectivity index (χ2v) is 11.5. The molecule has 1 unspecified atom stereocenters. The van der Waals surface area contributed by atoms with Gasteiger partial charge in [-0.15, -0.1) is 13.2 Å². The zero-order chi connectivity index (χ0) is 30.4. The Morgan fingerprint density at radius 2 is 1.86 bits per heavy atom. The maximum atomic E-state index is 13.6. The first-order valence-electron chi connectivity index (χ1n) is 13.9. The van der Waals surface area contributed by atoms with Crippen LogP contribution in [0.15, 0.2) is 42.5 Å². The number of fused-ring (bicyclic) bond motifs is 2. The quantitative estimate of drug-likeness (QED) is 0.299. The SMILES string of the molecule is CCn1c(-c2nc3cc(C(=O)N4CCCC(NC(=O)OC(C)(C)C)C4)cc(OC(F)(F)F)c3n2C)cc2ccccc21. The van der Waals surface area contributed by atoms with Gasteiger partial charge in [0.15, 0.2) is 11.6 Å². The van der Waals surface area contributed by atoms with Gasteiger partial charge in [-0.3, -0.25) is 4.79 Å². The van der Waals surface area contributed by atoms with E-state index >= 15 is 0 Å². The first kappa shape index (κ1) is 29.3. The van der Waals surface area contributed by atoms with Crippen LogP contribution in [0.3, 0.4) is 0 Å². The Balaban J connectivity index is 1.52. The van der Waals surface area contributed by atoms with Crippen molar-refractivity contribution in [1.82, 2.24) is 24.3 Å². The van der Waals surface area contributed by atoms with Crippen LogP contribution >= 0.6 is 0 Å². The third kappa shape index (κ3) is 6.02. The number of hydrogen-bond acceptors (Lipinski definition) is 5. The number of hydrogen-bond donors (Lipinski definition) is 1. The van der Waals surface area contributed by atoms with E-state index in [2.05, 4.69) is 10.1 Å². The number of benzene rings is 2. The molecular formula is C30H34F3N5O4. The number of alkyl halides is 3. The highest BCUT2D eigenvalue weighted by Gasteiger charge is 2.34. The minimum absolute atomic E-state index is 0.0142. The maximum absolute atomic E-state index is 13.6. The summed E-state index contributed by atoms with van der Waals surface area (Å²) < 4.78 is 54.1. The molecule has 12 heteroatoms. The van der Waals surface area contributed by atoms with Crippen LogP contribution in [0.1, 0.15) is 50.9 Å². The summed E-state index contributed by atoms with van der Waals surface area (Å²) in [7, 11) is 1.63. The van der Waals surface area contributed by atoms with Gasteiger partial charge in [-0.1, -0.05) is 18.2 Å². The highest BCUT2D eigenvalue weighted by Crippen LogP contribution is 2.36. The van der Waals surface area contributed by atoms with Gasteiger partial charge in [0, 0.05) is 49.2 Å². The molecule has 1 atom stereocenters. The highest BCUT2D eigenvalue weighted by atomic mass is 19.4. The molecule has 1 aliphatic rings. The van der Waals surface area contributed by atoms with Crippen molar-refractivity contribution in [3.8, 4) is 17.3 Å². The minimum Gasteiger partial charge on any atom is -0.444 e. The summed E-state index contributed by atoms with van der Waals surface area (Å²) in [5.74, 6) is -0.544. The van der Waals surface area contributed by atoms with Crippen molar-refractivity contribution < 1.29 is 32.2 Å². The molecule has 0 aliphatic carbocycles. The lowest BCUT2D eigenvalue weighted by atomic mass is 10.0. The number of amides is 2. The van der Waals surface area contributed by atoms with Crippen LogP contribution < -0.4 is 10.1 Å². The molecule has 2 aromatic heterocycles. The molecule has 0 saturated carbocycles. The molecule has 1 aliphatic heterocycles. The number of para-hydroxylation sites is 1. The predicted molar refractivity (Wildman–Crippen MR) is 152 cm³/mol. The van der Waals surface area contributed by atoms with Crippen LogP contribution in [-0.2, 0) is 18.3 Å². The van der Waals surface area contributed by atoms with Gasteiger partial charge in [-0.25, -0.2) is 9.78 Å². The Morgan fingerprint density at radius 1 is 1.12 bits per heavy atom. The lowest BCUT2D eigenvalue weighted by molar-refractivity contribution is -0.274. The van der Waals surface area contributed by atoms with Gasteiger partial charge in [0.25, 0.3) is 5.91 Å². The molecule has 3 heterocycles. The molecule has 0 radical (unpaired) electrons. The van der Waals surface area contributed by atoms with E-state index in [-0.39, 0.29) is 29.2 Å². The standard InChI is InChI=1S/C30H34F3N5O4/c1-6-38-22-12-8-7-10-18(22)15-23(38)26-35-21-14-19(16-24(25(21)36(26)5)41-30(31,32)33)27(39)37-13-9-11-20(17-37)34-28(40)42-29(2,3)4/h7-8,10,12,14-16,20H,6,9,11,13,17H2,1-5H3,(H,34,40). The van der Waals surface area contributed by atoms with Crippen molar-refractivity contribution in [2.24, 2.45) is 7.05 Å². The second-order valence-electron chi connectivity index (χ2n) is 11.5. The van der Waals surface area contributed by atoms with Crippen molar-refractivity contribution in [2.75, 3.05) is 13.1 Å². The van der Waals surface area contributed by atoms with Crippen LogP contribution in [0.5, 0.6) is 5.75 Å². The van der Waals surface area contributed by atoms with Crippen LogP contribution in [0, 0.1) is 0 Å². The fourth-order valence-corrected chi connectivity index (χ4v) is 5.54. The number of nitrogens with one attached hydrogen (secondary N) is 1. The number of carbonyl (C=O) groups excluding carboxylic acids is 2. The lowest BCUT2D eigenvalue weighted by Gasteiger charge is -2.33. The van der Waals surface area contributed by atoms with E-state index in [1.165, 1.54) is 11.0 Å². The molecule has 0 spiro atoms. The van der Waals surface area contributed by atoms with Gasteiger partial charge in [0.2, 0.25) is 0 Å².